The zero-order valence-electron chi connectivity index (χ0n) is 11.4. The van der Waals surface area contributed by atoms with E-state index in [9.17, 15) is 14.4 Å². The van der Waals surface area contributed by atoms with Gasteiger partial charge in [0.05, 0.1) is 13.2 Å². The number of hydrogen-bond donors (Lipinski definition) is 3. The van der Waals surface area contributed by atoms with E-state index in [1.807, 2.05) is 0 Å². The van der Waals surface area contributed by atoms with Crippen molar-refractivity contribution >= 4 is 17.9 Å². The van der Waals surface area contributed by atoms with E-state index in [-0.39, 0.29) is 19.3 Å². The number of carboxylic acid groups (broad SMARTS) is 1. The number of urea groups is 1. The molecule has 1 heterocycles. The van der Waals surface area contributed by atoms with Crippen molar-refractivity contribution in [3.63, 3.8) is 0 Å². The van der Waals surface area contributed by atoms with Gasteiger partial charge in [0.25, 0.3) is 0 Å². The van der Waals surface area contributed by atoms with Gasteiger partial charge in [0, 0.05) is 39.0 Å². The van der Waals surface area contributed by atoms with Gasteiger partial charge < -0.3 is 15.2 Å². The minimum Gasteiger partial charge on any atom is -0.481 e. The Bertz CT molecular complexity index is 342. The maximum Gasteiger partial charge on any atom is 0.321 e. The normalized spacial score (nSPS) is 15.6. The molecule has 0 spiro atoms. The number of morpholine rings is 1. The van der Waals surface area contributed by atoms with E-state index in [0.717, 1.165) is 13.1 Å². The number of aliphatic carboxylic acids is 1. The average Bonchev–Trinajstić information content (AvgIpc) is 2.39. The lowest BCUT2D eigenvalue weighted by Crippen LogP contribution is -2.45. The Balaban J connectivity index is 2.04. The second-order valence-corrected chi connectivity index (χ2v) is 4.51. The van der Waals surface area contributed by atoms with Crippen LogP contribution in [0.15, 0.2) is 0 Å². The largest absolute Gasteiger partial charge is 0.481 e. The van der Waals surface area contributed by atoms with Gasteiger partial charge >= 0.3 is 12.0 Å². The number of carbonyl (C=O) groups is 3. The Morgan fingerprint density at radius 1 is 1.15 bits per heavy atom. The Kier molecular flexibility index (Phi) is 7.59. The molecule has 1 saturated heterocycles. The topological polar surface area (TPSA) is 108 Å². The second kappa shape index (κ2) is 9.27. The van der Waals surface area contributed by atoms with Crippen molar-refractivity contribution < 1.29 is 24.2 Å². The van der Waals surface area contributed by atoms with Crippen LogP contribution in [0.5, 0.6) is 0 Å². The standard InChI is InChI=1S/C12H21N3O5/c16-10(2-1-3-11(17)18)14-12(19)13-4-5-15-6-8-20-9-7-15/h1-9H2,(H,17,18)(H2,13,14,16,19). The third-order valence-corrected chi connectivity index (χ3v) is 2.86. The van der Waals surface area contributed by atoms with E-state index in [1.165, 1.54) is 0 Å². The Morgan fingerprint density at radius 2 is 1.85 bits per heavy atom. The molecule has 0 aromatic carbocycles. The van der Waals surface area contributed by atoms with E-state index in [4.69, 9.17) is 9.84 Å². The third-order valence-electron chi connectivity index (χ3n) is 2.86. The van der Waals surface area contributed by atoms with Gasteiger partial charge in [-0.05, 0) is 6.42 Å². The predicted molar refractivity (Wildman–Crippen MR) is 70.3 cm³/mol. The number of carbonyl (C=O) groups excluding carboxylic acids is 2. The van der Waals surface area contributed by atoms with E-state index < -0.39 is 17.9 Å². The van der Waals surface area contributed by atoms with Crippen LogP contribution in [0.2, 0.25) is 0 Å². The van der Waals surface area contributed by atoms with Gasteiger partial charge in [0.1, 0.15) is 0 Å². The van der Waals surface area contributed by atoms with Crippen LogP contribution in [-0.2, 0) is 14.3 Å². The van der Waals surface area contributed by atoms with Gasteiger partial charge in [0.2, 0.25) is 5.91 Å². The maximum atomic E-state index is 11.4. The molecule has 3 N–H and O–H groups in total. The quantitative estimate of drug-likeness (QED) is 0.577. The number of ether oxygens (including phenoxy) is 1. The van der Waals surface area contributed by atoms with E-state index in [1.54, 1.807) is 0 Å². The van der Waals surface area contributed by atoms with Gasteiger partial charge in [-0.2, -0.15) is 0 Å². The molecular formula is C12H21N3O5. The van der Waals surface area contributed by atoms with Crippen LogP contribution in [0, 0.1) is 0 Å². The first-order chi connectivity index (χ1) is 9.58. The zero-order chi connectivity index (χ0) is 14.8. The molecule has 1 rings (SSSR count). The highest BCUT2D eigenvalue weighted by molar-refractivity contribution is 5.94. The summed E-state index contributed by atoms with van der Waals surface area (Å²) in [4.78, 5) is 35.1. The summed E-state index contributed by atoms with van der Waals surface area (Å²) in [7, 11) is 0. The van der Waals surface area contributed by atoms with Crippen LogP contribution < -0.4 is 10.6 Å². The van der Waals surface area contributed by atoms with Crippen molar-refractivity contribution in [2.24, 2.45) is 0 Å². The molecule has 0 aromatic rings. The Hall–Kier alpha value is -1.67. The summed E-state index contributed by atoms with van der Waals surface area (Å²) in [6.45, 7) is 4.26. The number of hydrogen-bond acceptors (Lipinski definition) is 5. The van der Waals surface area contributed by atoms with Crippen molar-refractivity contribution in [2.45, 2.75) is 19.3 Å². The Labute approximate surface area is 117 Å². The molecule has 0 unspecified atom stereocenters. The van der Waals surface area contributed by atoms with Gasteiger partial charge in [-0.15, -0.1) is 0 Å². The molecule has 20 heavy (non-hydrogen) atoms. The molecule has 0 aliphatic carbocycles. The van der Waals surface area contributed by atoms with E-state index in [2.05, 4.69) is 15.5 Å². The summed E-state index contributed by atoms with van der Waals surface area (Å²) >= 11 is 0. The highest BCUT2D eigenvalue weighted by atomic mass is 16.5. The summed E-state index contributed by atoms with van der Waals surface area (Å²) in [5, 5.41) is 13.2. The molecule has 1 fully saturated rings. The molecule has 8 nitrogen and oxygen atoms in total. The minimum absolute atomic E-state index is 0.0309. The van der Waals surface area contributed by atoms with E-state index >= 15 is 0 Å². The average molecular weight is 287 g/mol. The van der Waals surface area contributed by atoms with E-state index in [0.29, 0.717) is 26.3 Å². The first-order valence-corrected chi connectivity index (χ1v) is 6.67. The number of imide groups is 1. The molecule has 0 radical (unpaired) electrons. The summed E-state index contributed by atoms with van der Waals surface area (Å²) in [5.41, 5.74) is 0. The molecule has 0 atom stereocenters. The van der Waals surface area contributed by atoms with Crippen molar-refractivity contribution in [1.82, 2.24) is 15.5 Å². The fraction of sp³-hybridized carbons (Fsp3) is 0.750. The molecule has 1 aliphatic heterocycles. The highest BCUT2D eigenvalue weighted by Crippen LogP contribution is 1.95. The van der Waals surface area contributed by atoms with Crippen LogP contribution in [0.25, 0.3) is 0 Å². The van der Waals surface area contributed by atoms with Crippen molar-refractivity contribution in [1.29, 1.82) is 0 Å². The molecule has 1 aliphatic rings. The van der Waals surface area contributed by atoms with Crippen molar-refractivity contribution in [3.8, 4) is 0 Å². The number of amides is 3. The van der Waals surface area contributed by atoms with Crippen molar-refractivity contribution in [3.05, 3.63) is 0 Å². The monoisotopic (exact) mass is 287 g/mol. The molecule has 8 heteroatoms. The lowest BCUT2D eigenvalue weighted by Gasteiger charge is -2.26. The molecule has 0 aromatic heterocycles. The fourth-order valence-corrected chi connectivity index (χ4v) is 1.79. The summed E-state index contributed by atoms with van der Waals surface area (Å²) in [6, 6.07) is -0.543. The van der Waals surface area contributed by atoms with Crippen LogP contribution in [0.3, 0.4) is 0 Å². The number of nitrogens with zero attached hydrogens (tertiary/aromatic N) is 1. The SMILES string of the molecule is O=C(O)CCCC(=O)NC(=O)NCCN1CCOCC1. The predicted octanol–water partition coefficient (Wildman–Crippen LogP) is -0.601. The smallest absolute Gasteiger partial charge is 0.321 e. The third kappa shape index (κ3) is 7.70. The van der Waals surface area contributed by atoms with Gasteiger partial charge in [-0.25, -0.2) is 4.79 Å². The lowest BCUT2D eigenvalue weighted by molar-refractivity contribution is -0.137. The molecule has 0 saturated carbocycles. The summed E-state index contributed by atoms with van der Waals surface area (Å²) < 4.78 is 5.21. The zero-order valence-corrected chi connectivity index (χ0v) is 11.4. The highest BCUT2D eigenvalue weighted by Gasteiger charge is 2.11. The van der Waals surface area contributed by atoms with Crippen molar-refractivity contribution in [2.75, 3.05) is 39.4 Å². The maximum absolute atomic E-state index is 11.4. The molecule has 0 bridgehead atoms. The summed E-state index contributed by atoms with van der Waals surface area (Å²) in [5.74, 6) is -1.41. The lowest BCUT2D eigenvalue weighted by atomic mass is 10.2. The first-order valence-electron chi connectivity index (χ1n) is 6.67. The molecule has 114 valence electrons. The minimum atomic E-state index is -0.951. The summed E-state index contributed by atoms with van der Waals surface area (Å²) in [6.07, 6.45) is 0.178. The number of rotatable bonds is 7. The first kappa shape index (κ1) is 16.4. The van der Waals surface area contributed by atoms with Crippen LogP contribution in [0.4, 0.5) is 4.79 Å². The van der Waals surface area contributed by atoms with Gasteiger partial charge in [-0.1, -0.05) is 0 Å². The van der Waals surface area contributed by atoms with Crippen LogP contribution in [0.1, 0.15) is 19.3 Å². The fourth-order valence-electron chi connectivity index (χ4n) is 1.79. The number of carboxylic acids is 1. The van der Waals surface area contributed by atoms with Crippen LogP contribution in [-0.4, -0.2) is 67.3 Å². The van der Waals surface area contributed by atoms with Gasteiger partial charge in [-0.3, -0.25) is 19.8 Å². The van der Waals surface area contributed by atoms with Crippen LogP contribution >= 0.6 is 0 Å². The Morgan fingerprint density at radius 3 is 2.50 bits per heavy atom. The van der Waals surface area contributed by atoms with Gasteiger partial charge in [0.15, 0.2) is 0 Å². The molecular weight excluding hydrogens is 266 g/mol. The molecule has 3 amide bonds. The second-order valence-electron chi connectivity index (χ2n) is 4.51. The number of nitrogens with one attached hydrogen (secondary N) is 2.